The minimum Gasteiger partial charge on any atom is -0.545 e. The molecule has 0 saturated carbocycles. The fourth-order valence-corrected chi connectivity index (χ4v) is 1.47. The third-order valence-electron chi connectivity index (χ3n) is 2.18. The van der Waals surface area contributed by atoms with E-state index in [0.29, 0.717) is 5.56 Å². The van der Waals surface area contributed by atoms with Crippen LogP contribution in [0.2, 0.25) is 0 Å². The minimum absolute atomic E-state index is 0.202. The van der Waals surface area contributed by atoms with E-state index in [1.807, 2.05) is 6.92 Å². The second-order valence-corrected chi connectivity index (χ2v) is 3.27. The third kappa shape index (κ3) is 2.33. The van der Waals surface area contributed by atoms with Gasteiger partial charge in [-0.15, -0.1) is 0 Å². The molecule has 14 heavy (non-hydrogen) atoms. The van der Waals surface area contributed by atoms with Crippen molar-refractivity contribution in [3.63, 3.8) is 0 Å². The molecule has 0 heterocycles. The van der Waals surface area contributed by atoms with Gasteiger partial charge in [0.25, 0.3) is 0 Å². The first-order valence-corrected chi connectivity index (χ1v) is 4.72. The maximum atomic E-state index is 10.8. The van der Waals surface area contributed by atoms with E-state index in [0.717, 1.165) is 12.8 Å². The predicted molar refractivity (Wildman–Crippen MR) is 52.6 cm³/mol. The fraction of sp³-hybridized carbons (Fsp3) is 0.364. The topological polar surface area (TPSA) is 66.2 Å². The van der Waals surface area contributed by atoms with E-state index in [2.05, 4.69) is 0 Å². The summed E-state index contributed by atoms with van der Waals surface area (Å²) in [6.45, 7) is 2.02. The van der Waals surface area contributed by atoms with Gasteiger partial charge >= 0.3 is 0 Å². The Morgan fingerprint density at radius 1 is 1.50 bits per heavy atom. The van der Waals surface area contributed by atoms with Gasteiger partial charge in [-0.25, -0.2) is 0 Å². The lowest BCUT2D eigenvalue weighted by molar-refractivity contribution is -0.255. The molecule has 0 amide bonds. The van der Waals surface area contributed by atoms with E-state index in [-0.39, 0.29) is 11.6 Å². The maximum absolute atomic E-state index is 10.8. The Morgan fingerprint density at radius 2 is 2.14 bits per heavy atom. The predicted octanol–water partition coefficient (Wildman–Crippen LogP) is 0.850. The lowest BCUT2D eigenvalue weighted by Gasteiger charge is -2.16. The van der Waals surface area contributed by atoms with Crippen molar-refractivity contribution in [3.8, 4) is 0 Å². The van der Waals surface area contributed by atoms with Gasteiger partial charge in [0.2, 0.25) is 0 Å². The summed E-state index contributed by atoms with van der Waals surface area (Å²) in [5, 5.41) is 10.8. The molecule has 0 aliphatic heterocycles. The molecule has 0 saturated heterocycles. The van der Waals surface area contributed by atoms with Crippen LogP contribution in [0.3, 0.4) is 0 Å². The molecule has 76 valence electrons. The van der Waals surface area contributed by atoms with Crippen LogP contribution in [0.15, 0.2) is 24.3 Å². The summed E-state index contributed by atoms with van der Waals surface area (Å²) in [5.74, 6) is -1.16. The summed E-state index contributed by atoms with van der Waals surface area (Å²) in [7, 11) is 0. The van der Waals surface area contributed by atoms with Gasteiger partial charge in [0.15, 0.2) is 0 Å². The smallest absolute Gasteiger partial charge is 0.0718 e. The van der Waals surface area contributed by atoms with Crippen molar-refractivity contribution in [1.29, 1.82) is 0 Å². The summed E-state index contributed by atoms with van der Waals surface area (Å²) in [5.41, 5.74) is 6.72. The molecule has 0 radical (unpaired) electrons. The largest absolute Gasteiger partial charge is 0.545 e. The highest BCUT2D eigenvalue weighted by atomic mass is 16.4. The number of hydrogen-bond acceptors (Lipinski definition) is 3. The number of carboxylic acids is 1. The monoisotopic (exact) mass is 192 g/mol. The Hall–Kier alpha value is -1.35. The Labute approximate surface area is 83.6 Å². The van der Waals surface area contributed by atoms with Crippen LogP contribution in [-0.4, -0.2) is 5.97 Å². The van der Waals surface area contributed by atoms with Gasteiger partial charge in [-0.3, -0.25) is 0 Å². The number of carbonyl (C=O) groups is 1. The number of rotatable bonds is 4. The molecule has 0 spiro atoms. The molecule has 0 aliphatic rings. The number of nitrogens with two attached hydrogens (primary N) is 1. The lowest BCUT2D eigenvalue weighted by Crippen LogP contribution is -2.25. The second-order valence-electron chi connectivity index (χ2n) is 3.27. The molecule has 1 atom stereocenters. The zero-order chi connectivity index (χ0) is 10.6. The summed E-state index contributed by atoms with van der Waals surface area (Å²) in [6.07, 6.45) is 1.72. The minimum atomic E-state index is -1.16. The van der Waals surface area contributed by atoms with Crippen molar-refractivity contribution >= 4 is 5.97 Å². The second kappa shape index (κ2) is 4.77. The normalized spacial score (nSPS) is 12.4. The molecular weight excluding hydrogens is 178 g/mol. The van der Waals surface area contributed by atoms with Gasteiger partial charge < -0.3 is 15.6 Å². The summed E-state index contributed by atoms with van der Waals surface area (Å²) >= 11 is 0. The molecule has 1 unspecified atom stereocenters. The zero-order valence-corrected chi connectivity index (χ0v) is 8.19. The first-order valence-electron chi connectivity index (χ1n) is 4.72. The zero-order valence-electron chi connectivity index (χ0n) is 8.19. The van der Waals surface area contributed by atoms with E-state index in [1.165, 1.54) is 6.07 Å². The molecule has 1 rings (SSSR count). The van der Waals surface area contributed by atoms with Crippen molar-refractivity contribution in [2.45, 2.75) is 25.8 Å². The van der Waals surface area contributed by atoms with Crippen LogP contribution in [0.4, 0.5) is 0 Å². The number of carboxylic acid groups (broad SMARTS) is 1. The van der Waals surface area contributed by atoms with E-state index in [9.17, 15) is 9.90 Å². The average molecular weight is 192 g/mol. The third-order valence-corrected chi connectivity index (χ3v) is 2.18. The first-order chi connectivity index (χ1) is 6.66. The van der Waals surface area contributed by atoms with Crippen LogP contribution in [-0.2, 0) is 0 Å². The molecule has 3 nitrogen and oxygen atoms in total. The molecule has 1 aromatic rings. The van der Waals surface area contributed by atoms with Crippen LogP contribution in [0.5, 0.6) is 0 Å². The first kappa shape index (κ1) is 10.7. The van der Waals surface area contributed by atoms with Crippen LogP contribution < -0.4 is 10.8 Å². The fourth-order valence-electron chi connectivity index (χ4n) is 1.47. The molecule has 0 aromatic heterocycles. The van der Waals surface area contributed by atoms with Crippen LogP contribution in [0.25, 0.3) is 0 Å². The molecule has 3 heteroatoms. The van der Waals surface area contributed by atoms with E-state index < -0.39 is 5.97 Å². The van der Waals surface area contributed by atoms with E-state index >= 15 is 0 Å². The molecule has 0 fully saturated rings. The van der Waals surface area contributed by atoms with Crippen LogP contribution in [0.1, 0.15) is 41.7 Å². The molecule has 0 bridgehead atoms. The van der Waals surface area contributed by atoms with Gasteiger partial charge in [0, 0.05) is 11.6 Å². The van der Waals surface area contributed by atoms with Crippen molar-refractivity contribution in [2.75, 3.05) is 0 Å². The van der Waals surface area contributed by atoms with E-state index in [1.54, 1.807) is 18.2 Å². The molecule has 0 aliphatic carbocycles. The number of carbonyl (C=O) groups excluding carboxylic acids is 1. The lowest BCUT2D eigenvalue weighted by atomic mass is 9.98. The van der Waals surface area contributed by atoms with Crippen molar-refractivity contribution < 1.29 is 9.90 Å². The Morgan fingerprint density at radius 3 is 2.71 bits per heavy atom. The highest BCUT2D eigenvalue weighted by molar-refractivity contribution is 5.87. The van der Waals surface area contributed by atoms with Crippen molar-refractivity contribution in [2.24, 2.45) is 5.73 Å². The van der Waals surface area contributed by atoms with Gasteiger partial charge in [-0.1, -0.05) is 37.6 Å². The number of hydrogen-bond donors (Lipinski definition) is 1. The van der Waals surface area contributed by atoms with E-state index in [4.69, 9.17) is 5.73 Å². The molecular formula is C11H14NO2-. The number of aromatic carboxylic acids is 1. The van der Waals surface area contributed by atoms with Crippen molar-refractivity contribution in [1.82, 2.24) is 0 Å². The summed E-state index contributed by atoms with van der Waals surface area (Å²) in [6, 6.07) is 6.52. The average Bonchev–Trinajstić information content (AvgIpc) is 2.18. The summed E-state index contributed by atoms with van der Waals surface area (Å²) < 4.78 is 0. The molecule has 1 aromatic carbocycles. The SMILES string of the molecule is CCCC(N)c1ccccc1C(=O)[O-]. The Kier molecular flexibility index (Phi) is 3.65. The highest BCUT2D eigenvalue weighted by Crippen LogP contribution is 2.19. The highest BCUT2D eigenvalue weighted by Gasteiger charge is 2.09. The standard InChI is InChI=1S/C11H15NO2/c1-2-5-10(12)8-6-3-4-7-9(8)11(13)14/h3-4,6-7,10H,2,5,12H2,1H3,(H,13,14)/p-1. The Bertz CT molecular complexity index is 323. The van der Waals surface area contributed by atoms with Gasteiger partial charge in [-0.2, -0.15) is 0 Å². The summed E-state index contributed by atoms with van der Waals surface area (Å²) in [4.78, 5) is 10.8. The van der Waals surface area contributed by atoms with Gasteiger partial charge in [0.1, 0.15) is 0 Å². The molecule has 2 N–H and O–H groups in total. The van der Waals surface area contributed by atoms with Crippen LogP contribution >= 0.6 is 0 Å². The quantitative estimate of drug-likeness (QED) is 0.769. The van der Waals surface area contributed by atoms with Gasteiger partial charge in [0.05, 0.1) is 5.97 Å². The maximum Gasteiger partial charge on any atom is 0.0718 e. The Balaban J connectivity index is 3.00. The van der Waals surface area contributed by atoms with Crippen LogP contribution in [0, 0.1) is 0 Å². The van der Waals surface area contributed by atoms with Crippen molar-refractivity contribution in [3.05, 3.63) is 35.4 Å². The number of benzene rings is 1. The van der Waals surface area contributed by atoms with Gasteiger partial charge in [-0.05, 0) is 12.0 Å².